The lowest BCUT2D eigenvalue weighted by atomic mass is 9.98. The molecule has 2 atom stereocenters. The van der Waals surface area contributed by atoms with Crippen molar-refractivity contribution < 1.29 is 5.11 Å². The minimum atomic E-state index is -0.0926. The topological polar surface area (TPSA) is 45.2 Å². The van der Waals surface area contributed by atoms with Crippen molar-refractivity contribution in [3.8, 4) is 0 Å². The number of hydrogen-bond donors (Lipinski definition) is 2. The second kappa shape index (κ2) is 6.46. The second-order valence-electron chi connectivity index (χ2n) is 6.34. The lowest BCUT2D eigenvalue weighted by Gasteiger charge is -2.31. The molecule has 0 radical (unpaired) electrons. The van der Waals surface area contributed by atoms with Gasteiger partial charge >= 0.3 is 0 Å². The highest BCUT2D eigenvalue weighted by molar-refractivity contribution is 7.99. The molecule has 1 saturated carbocycles. The summed E-state index contributed by atoms with van der Waals surface area (Å²) in [5, 5.41) is 15.0. The molecule has 1 aliphatic rings. The number of nitrogens with one attached hydrogen (secondary N) is 1. The van der Waals surface area contributed by atoms with E-state index in [1.165, 1.54) is 5.56 Å². The fourth-order valence-electron chi connectivity index (χ4n) is 3.15. The molecule has 0 aliphatic heterocycles. The first kappa shape index (κ1) is 15.8. The van der Waals surface area contributed by atoms with Gasteiger partial charge in [-0.25, -0.2) is 4.98 Å². The van der Waals surface area contributed by atoms with E-state index in [0.29, 0.717) is 11.3 Å². The fraction of sp³-hybridized carbons (Fsp3) is 0.688. The van der Waals surface area contributed by atoms with Crippen LogP contribution in [0.1, 0.15) is 44.4 Å². The molecule has 0 saturated heterocycles. The predicted octanol–water partition coefficient (Wildman–Crippen LogP) is 3.07. The van der Waals surface area contributed by atoms with Crippen LogP contribution in [0.15, 0.2) is 17.2 Å². The van der Waals surface area contributed by atoms with Gasteiger partial charge in [-0.05, 0) is 50.8 Å². The van der Waals surface area contributed by atoms with Crippen LogP contribution in [0.5, 0.6) is 0 Å². The fourth-order valence-corrected chi connectivity index (χ4v) is 4.58. The van der Waals surface area contributed by atoms with E-state index < -0.39 is 0 Å². The molecule has 4 heteroatoms. The van der Waals surface area contributed by atoms with Gasteiger partial charge in [0.05, 0.1) is 11.6 Å². The number of nitrogens with zero attached hydrogens (tertiary/aromatic N) is 1. The highest BCUT2D eigenvalue weighted by Gasteiger charge is 2.39. The molecule has 3 nitrogen and oxygen atoms in total. The van der Waals surface area contributed by atoms with Crippen LogP contribution in [0.3, 0.4) is 0 Å². The number of rotatable bonds is 5. The smallest absolute Gasteiger partial charge is 0.0968 e. The van der Waals surface area contributed by atoms with Crippen LogP contribution in [0.4, 0.5) is 0 Å². The maximum Gasteiger partial charge on any atom is 0.0968 e. The highest BCUT2D eigenvalue weighted by atomic mass is 32.2. The van der Waals surface area contributed by atoms with Crippen molar-refractivity contribution in [2.24, 2.45) is 0 Å². The van der Waals surface area contributed by atoms with E-state index in [4.69, 9.17) is 0 Å². The number of aliphatic hydroxyl groups is 1. The molecular weight excluding hydrogens is 268 g/mol. The molecule has 1 aliphatic carbocycles. The van der Waals surface area contributed by atoms with Gasteiger partial charge in [-0.2, -0.15) is 0 Å². The zero-order valence-electron chi connectivity index (χ0n) is 12.9. The van der Waals surface area contributed by atoms with Gasteiger partial charge in [0.1, 0.15) is 0 Å². The molecule has 0 amide bonds. The minimum Gasteiger partial charge on any atom is -0.394 e. The third kappa shape index (κ3) is 3.96. The SMILES string of the molecule is Cc1cc(C)nc(SC2CCC(CO)(NC(C)C)C2)c1. The molecule has 1 fully saturated rings. The molecule has 112 valence electrons. The second-order valence-corrected chi connectivity index (χ2v) is 7.66. The van der Waals surface area contributed by atoms with E-state index in [9.17, 15) is 5.11 Å². The normalized spacial score (nSPS) is 26.4. The van der Waals surface area contributed by atoms with Crippen LogP contribution in [0.2, 0.25) is 0 Å². The summed E-state index contributed by atoms with van der Waals surface area (Å²) >= 11 is 1.86. The quantitative estimate of drug-likeness (QED) is 0.876. The maximum atomic E-state index is 9.75. The molecule has 1 aromatic heterocycles. The first-order chi connectivity index (χ1) is 9.42. The summed E-state index contributed by atoms with van der Waals surface area (Å²) in [5.41, 5.74) is 2.26. The summed E-state index contributed by atoms with van der Waals surface area (Å²) in [4.78, 5) is 4.61. The zero-order chi connectivity index (χ0) is 14.8. The maximum absolute atomic E-state index is 9.75. The lowest BCUT2D eigenvalue weighted by Crippen LogP contribution is -2.49. The molecule has 0 spiro atoms. The van der Waals surface area contributed by atoms with Gasteiger partial charge in [0.15, 0.2) is 0 Å². The Morgan fingerprint density at radius 1 is 1.45 bits per heavy atom. The summed E-state index contributed by atoms with van der Waals surface area (Å²) in [6, 6.07) is 4.68. The van der Waals surface area contributed by atoms with Crippen LogP contribution in [0.25, 0.3) is 0 Å². The molecule has 20 heavy (non-hydrogen) atoms. The Hall–Kier alpha value is -0.580. The van der Waals surface area contributed by atoms with E-state index in [1.807, 2.05) is 18.7 Å². The van der Waals surface area contributed by atoms with Crippen molar-refractivity contribution in [3.63, 3.8) is 0 Å². The average molecular weight is 294 g/mol. The van der Waals surface area contributed by atoms with Gasteiger partial charge in [0.25, 0.3) is 0 Å². The summed E-state index contributed by atoms with van der Waals surface area (Å²) in [6.45, 7) is 8.67. The predicted molar refractivity (Wildman–Crippen MR) is 85.3 cm³/mol. The first-order valence-electron chi connectivity index (χ1n) is 7.43. The largest absolute Gasteiger partial charge is 0.394 e. The van der Waals surface area contributed by atoms with Gasteiger partial charge in [-0.1, -0.05) is 13.8 Å². The summed E-state index contributed by atoms with van der Waals surface area (Å²) in [7, 11) is 0. The van der Waals surface area contributed by atoms with Crippen LogP contribution in [-0.4, -0.2) is 33.5 Å². The van der Waals surface area contributed by atoms with E-state index in [0.717, 1.165) is 30.0 Å². The van der Waals surface area contributed by atoms with Crippen LogP contribution in [-0.2, 0) is 0 Å². The molecule has 1 heterocycles. The van der Waals surface area contributed by atoms with Gasteiger partial charge in [0, 0.05) is 22.5 Å². The van der Waals surface area contributed by atoms with Crippen molar-refractivity contribution in [2.45, 2.75) is 68.8 Å². The van der Waals surface area contributed by atoms with Crippen molar-refractivity contribution in [1.82, 2.24) is 10.3 Å². The number of pyridine rings is 1. The van der Waals surface area contributed by atoms with Gasteiger partial charge in [-0.15, -0.1) is 11.8 Å². The number of aliphatic hydroxyl groups excluding tert-OH is 1. The van der Waals surface area contributed by atoms with E-state index >= 15 is 0 Å². The Morgan fingerprint density at radius 3 is 2.80 bits per heavy atom. The van der Waals surface area contributed by atoms with Crippen LogP contribution < -0.4 is 5.32 Å². The molecule has 0 aromatic carbocycles. The molecular formula is C16H26N2OS. The number of thioether (sulfide) groups is 1. The standard InChI is InChI=1S/C16H26N2OS/c1-11(2)18-16(10-19)6-5-14(9-16)20-15-8-12(3)7-13(4)17-15/h7-8,11,14,18-19H,5-6,9-10H2,1-4H3. The van der Waals surface area contributed by atoms with E-state index in [1.54, 1.807) is 0 Å². The summed E-state index contributed by atoms with van der Waals surface area (Å²) < 4.78 is 0. The molecule has 1 aromatic rings. The van der Waals surface area contributed by atoms with Gasteiger partial charge < -0.3 is 10.4 Å². The third-order valence-corrected chi connectivity index (χ3v) is 5.01. The van der Waals surface area contributed by atoms with Crippen molar-refractivity contribution >= 4 is 11.8 Å². The lowest BCUT2D eigenvalue weighted by molar-refractivity contribution is 0.156. The van der Waals surface area contributed by atoms with Crippen molar-refractivity contribution in [3.05, 3.63) is 23.4 Å². The monoisotopic (exact) mass is 294 g/mol. The molecule has 2 N–H and O–H groups in total. The Morgan fingerprint density at radius 2 is 2.20 bits per heavy atom. The Kier molecular flexibility index (Phi) is 5.10. The molecule has 0 bridgehead atoms. The van der Waals surface area contributed by atoms with Crippen molar-refractivity contribution in [2.75, 3.05) is 6.61 Å². The number of hydrogen-bond acceptors (Lipinski definition) is 4. The highest BCUT2D eigenvalue weighted by Crippen LogP contribution is 2.40. The Bertz CT molecular complexity index is 444. The van der Waals surface area contributed by atoms with Crippen molar-refractivity contribution in [1.29, 1.82) is 0 Å². The van der Waals surface area contributed by atoms with Gasteiger partial charge in [0.2, 0.25) is 0 Å². The number of aryl methyl sites for hydroxylation is 2. The first-order valence-corrected chi connectivity index (χ1v) is 8.31. The van der Waals surface area contributed by atoms with E-state index in [-0.39, 0.29) is 12.1 Å². The number of aromatic nitrogens is 1. The average Bonchev–Trinajstić information content (AvgIpc) is 2.70. The minimum absolute atomic E-state index is 0.0926. The molecule has 2 unspecified atom stereocenters. The van der Waals surface area contributed by atoms with E-state index in [2.05, 4.69) is 43.2 Å². The third-order valence-electron chi connectivity index (χ3n) is 3.82. The van der Waals surface area contributed by atoms with Crippen LogP contribution >= 0.6 is 11.8 Å². The Balaban J connectivity index is 2.02. The Labute approximate surface area is 126 Å². The van der Waals surface area contributed by atoms with Crippen LogP contribution in [0, 0.1) is 13.8 Å². The zero-order valence-corrected chi connectivity index (χ0v) is 13.8. The summed E-state index contributed by atoms with van der Waals surface area (Å²) in [6.07, 6.45) is 3.20. The summed E-state index contributed by atoms with van der Waals surface area (Å²) in [5.74, 6) is 0. The van der Waals surface area contributed by atoms with Gasteiger partial charge in [-0.3, -0.25) is 0 Å². The molecule has 2 rings (SSSR count).